The van der Waals surface area contributed by atoms with Crippen LogP contribution in [0.1, 0.15) is 24.2 Å². The second-order valence-corrected chi connectivity index (χ2v) is 7.65. The number of amides is 1. The van der Waals surface area contributed by atoms with Crippen LogP contribution < -0.4 is 16.0 Å². The molecule has 1 saturated heterocycles. The van der Waals surface area contributed by atoms with E-state index in [-0.39, 0.29) is 36.4 Å². The zero-order valence-corrected chi connectivity index (χ0v) is 20.7. The molecule has 1 aromatic rings. The van der Waals surface area contributed by atoms with Crippen LogP contribution in [0.15, 0.2) is 29.3 Å². The van der Waals surface area contributed by atoms with Crippen molar-refractivity contribution in [1.82, 2.24) is 20.9 Å². The highest BCUT2D eigenvalue weighted by Crippen LogP contribution is 2.14. The van der Waals surface area contributed by atoms with Gasteiger partial charge < -0.3 is 25.8 Å². The lowest BCUT2D eigenvalue weighted by Crippen LogP contribution is -2.48. The topological polar surface area (TPSA) is 98.2 Å². The molecule has 2 rings (SSSR count). The summed E-state index contributed by atoms with van der Waals surface area (Å²) < 4.78 is 5.34. The van der Waals surface area contributed by atoms with Gasteiger partial charge in [-0.1, -0.05) is 23.7 Å². The van der Waals surface area contributed by atoms with E-state index in [9.17, 15) is 9.90 Å². The normalized spacial score (nSPS) is 16.9. The second-order valence-electron chi connectivity index (χ2n) is 7.24. The highest BCUT2D eigenvalue weighted by molar-refractivity contribution is 14.0. The standard InChI is InChI=1S/C20H32ClN5O3.HI/c1-3-22-19(25-14-20(2,28)15-26-10-12-29-13-11-26)24-9-8-23-18(27)16-6-4-5-7-17(16)21;/h4-7,28H,3,8-15H2,1-2H3,(H,23,27)(H2,22,24,25);1H. The van der Waals surface area contributed by atoms with E-state index in [1.54, 1.807) is 31.2 Å². The van der Waals surface area contributed by atoms with Gasteiger partial charge in [0, 0.05) is 39.3 Å². The molecule has 4 N–H and O–H groups in total. The van der Waals surface area contributed by atoms with E-state index in [2.05, 4.69) is 25.8 Å². The molecular formula is C20H33ClIN5O3. The van der Waals surface area contributed by atoms with Crippen molar-refractivity contribution in [3.63, 3.8) is 0 Å². The molecule has 0 saturated carbocycles. The van der Waals surface area contributed by atoms with Gasteiger partial charge in [0.05, 0.1) is 35.9 Å². The number of carbonyl (C=O) groups excluding carboxylic acids is 1. The Labute approximate surface area is 200 Å². The minimum atomic E-state index is -0.933. The number of β-amino-alcohol motifs (C(OH)–C–C–N with tert-alkyl or cyclic N) is 1. The molecule has 170 valence electrons. The van der Waals surface area contributed by atoms with Crippen molar-refractivity contribution in [2.75, 3.05) is 59.0 Å². The molecule has 1 atom stereocenters. The van der Waals surface area contributed by atoms with Crippen molar-refractivity contribution >= 4 is 47.4 Å². The van der Waals surface area contributed by atoms with E-state index in [0.717, 1.165) is 13.1 Å². The maximum absolute atomic E-state index is 12.2. The molecule has 1 fully saturated rings. The van der Waals surface area contributed by atoms with E-state index >= 15 is 0 Å². The monoisotopic (exact) mass is 553 g/mol. The molecule has 1 aliphatic heterocycles. The molecule has 0 aliphatic carbocycles. The highest BCUT2D eigenvalue weighted by Gasteiger charge is 2.25. The van der Waals surface area contributed by atoms with E-state index in [4.69, 9.17) is 16.3 Å². The average molecular weight is 554 g/mol. The Kier molecular flexibility index (Phi) is 12.6. The fourth-order valence-electron chi connectivity index (χ4n) is 2.98. The van der Waals surface area contributed by atoms with Crippen molar-refractivity contribution in [2.45, 2.75) is 19.4 Å². The lowest BCUT2D eigenvalue weighted by molar-refractivity contribution is -0.0180. The molecule has 1 amide bonds. The third-order valence-corrected chi connectivity index (χ3v) is 4.74. The summed E-state index contributed by atoms with van der Waals surface area (Å²) >= 11 is 6.04. The minimum absolute atomic E-state index is 0. The first-order valence-electron chi connectivity index (χ1n) is 9.98. The average Bonchev–Trinajstić information content (AvgIpc) is 2.70. The van der Waals surface area contributed by atoms with Crippen LogP contribution >= 0.6 is 35.6 Å². The number of guanidine groups is 1. The Hall–Kier alpha value is -1.14. The number of morpholine rings is 1. The zero-order valence-electron chi connectivity index (χ0n) is 17.6. The SMILES string of the molecule is CCNC(=NCC(C)(O)CN1CCOCC1)NCCNC(=O)c1ccccc1Cl.I. The Bertz CT molecular complexity index is 684. The number of nitrogens with one attached hydrogen (secondary N) is 3. The lowest BCUT2D eigenvalue weighted by Gasteiger charge is -2.33. The Balaban J connectivity index is 0.00000450. The first kappa shape index (κ1) is 26.9. The first-order chi connectivity index (χ1) is 13.9. The number of hydrogen-bond acceptors (Lipinski definition) is 5. The van der Waals surface area contributed by atoms with Gasteiger partial charge in [0.1, 0.15) is 0 Å². The summed E-state index contributed by atoms with van der Waals surface area (Å²) in [6.07, 6.45) is 0. The summed E-state index contributed by atoms with van der Waals surface area (Å²) in [7, 11) is 0. The molecule has 1 aliphatic rings. The van der Waals surface area contributed by atoms with Crippen LogP contribution in [0.2, 0.25) is 5.02 Å². The zero-order chi connectivity index (χ0) is 21.1. The van der Waals surface area contributed by atoms with Crippen LogP contribution in [-0.4, -0.2) is 86.5 Å². The van der Waals surface area contributed by atoms with E-state index < -0.39 is 5.60 Å². The molecule has 0 aromatic heterocycles. The number of carbonyl (C=O) groups is 1. The van der Waals surface area contributed by atoms with Crippen LogP contribution in [0.25, 0.3) is 0 Å². The van der Waals surface area contributed by atoms with Gasteiger partial charge in [0.25, 0.3) is 5.91 Å². The molecule has 1 unspecified atom stereocenters. The Morgan fingerprint density at radius 2 is 1.90 bits per heavy atom. The fraction of sp³-hybridized carbons (Fsp3) is 0.600. The smallest absolute Gasteiger partial charge is 0.252 e. The third-order valence-electron chi connectivity index (χ3n) is 4.41. The summed E-state index contributed by atoms with van der Waals surface area (Å²) in [6.45, 7) is 9.23. The van der Waals surface area contributed by atoms with Gasteiger partial charge in [-0.3, -0.25) is 14.7 Å². The van der Waals surface area contributed by atoms with Crippen molar-refractivity contribution in [3.05, 3.63) is 34.9 Å². The van der Waals surface area contributed by atoms with Crippen LogP contribution in [0.4, 0.5) is 0 Å². The number of nitrogens with zero attached hydrogens (tertiary/aromatic N) is 2. The van der Waals surface area contributed by atoms with Gasteiger partial charge in [0.2, 0.25) is 0 Å². The Morgan fingerprint density at radius 1 is 1.23 bits per heavy atom. The number of halogens is 2. The maximum atomic E-state index is 12.2. The lowest BCUT2D eigenvalue weighted by atomic mass is 10.1. The summed E-state index contributed by atoms with van der Waals surface area (Å²) in [5.74, 6) is 0.384. The third kappa shape index (κ3) is 9.78. The summed E-state index contributed by atoms with van der Waals surface area (Å²) in [5.41, 5.74) is -0.480. The van der Waals surface area contributed by atoms with Crippen molar-refractivity contribution < 1.29 is 14.6 Å². The number of aliphatic imine (C=N–C) groups is 1. The van der Waals surface area contributed by atoms with Gasteiger partial charge in [0.15, 0.2) is 5.96 Å². The number of rotatable bonds is 9. The number of ether oxygens (including phenoxy) is 1. The van der Waals surface area contributed by atoms with Crippen molar-refractivity contribution in [1.29, 1.82) is 0 Å². The molecule has 1 aromatic carbocycles. The van der Waals surface area contributed by atoms with Crippen LogP contribution in [0.5, 0.6) is 0 Å². The molecule has 8 nitrogen and oxygen atoms in total. The fourth-order valence-corrected chi connectivity index (χ4v) is 3.20. The van der Waals surface area contributed by atoms with Crippen molar-refractivity contribution in [2.24, 2.45) is 4.99 Å². The van der Waals surface area contributed by atoms with E-state index in [1.807, 2.05) is 6.92 Å². The maximum Gasteiger partial charge on any atom is 0.252 e. The molecule has 10 heteroatoms. The van der Waals surface area contributed by atoms with Gasteiger partial charge in [-0.05, 0) is 26.0 Å². The van der Waals surface area contributed by atoms with Gasteiger partial charge >= 0.3 is 0 Å². The number of benzene rings is 1. The van der Waals surface area contributed by atoms with Gasteiger partial charge in [-0.25, -0.2) is 0 Å². The molecular weight excluding hydrogens is 521 g/mol. The first-order valence-corrected chi connectivity index (χ1v) is 10.4. The summed E-state index contributed by atoms with van der Waals surface area (Å²) in [4.78, 5) is 18.8. The van der Waals surface area contributed by atoms with Gasteiger partial charge in [-0.15, -0.1) is 24.0 Å². The largest absolute Gasteiger partial charge is 0.387 e. The predicted molar refractivity (Wildman–Crippen MR) is 131 cm³/mol. The second kappa shape index (κ2) is 14.0. The Morgan fingerprint density at radius 3 is 2.57 bits per heavy atom. The molecule has 30 heavy (non-hydrogen) atoms. The number of aliphatic hydroxyl groups is 1. The summed E-state index contributed by atoms with van der Waals surface area (Å²) in [5, 5.41) is 20.2. The van der Waals surface area contributed by atoms with Gasteiger partial charge in [-0.2, -0.15) is 0 Å². The van der Waals surface area contributed by atoms with Crippen LogP contribution in [-0.2, 0) is 4.74 Å². The minimum Gasteiger partial charge on any atom is -0.387 e. The van der Waals surface area contributed by atoms with Crippen molar-refractivity contribution in [3.8, 4) is 0 Å². The molecule has 1 heterocycles. The number of hydrogen-bond donors (Lipinski definition) is 4. The quantitative estimate of drug-likeness (QED) is 0.159. The molecule has 0 spiro atoms. The highest BCUT2D eigenvalue weighted by atomic mass is 127. The molecule has 0 radical (unpaired) electrons. The van der Waals surface area contributed by atoms with E-state index in [1.165, 1.54) is 0 Å². The predicted octanol–water partition coefficient (Wildman–Crippen LogP) is 1.33. The molecule has 0 bridgehead atoms. The van der Waals surface area contributed by atoms with Crippen LogP contribution in [0.3, 0.4) is 0 Å². The van der Waals surface area contributed by atoms with E-state index in [0.29, 0.717) is 55.9 Å². The summed E-state index contributed by atoms with van der Waals surface area (Å²) in [6, 6.07) is 6.94. The van der Waals surface area contributed by atoms with Crippen LogP contribution in [0, 0.1) is 0 Å².